The molecule has 0 unspecified atom stereocenters. The van der Waals surface area contributed by atoms with E-state index in [1.807, 2.05) is 55.0 Å². The molecule has 0 aliphatic carbocycles. The van der Waals surface area contributed by atoms with Crippen molar-refractivity contribution >= 4 is 23.5 Å². The van der Waals surface area contributed by atoms with Gasteiger partial charge in [-0.25, -0.2) is 4.98 Å². The van der Waals surface area contributed by atoms with Crippen molar-refractivity contribution in [3.63, 3.8) is 0 Å². The van der Waals surface area contributed by atoms with Gasteiger partial charge in [-0.1, -0.05) is 18.2 Å². The number of anilines is 1. The number of pyridine rings is 1. The molecule has 5 heteroatoms. The van der Waals surface area contributed by atoms with Gasteiger partial charge in [-0.15, -0.1) is 11.8 Å². The van der Waals surface area contributed by atoms with E-state index >= 15 is 0 Å². The Bertz CT molecular complexity index is 670. The molecule has 1 aliphatic heterocycles. The van der Waals surface area contributed by atoms with E-state index in [2.05, 4.69) is 22.4 Å². The summed E-state index contributed by atoms with van der Waals surface area (Å²) in [6.45, 7) is 0. The highest BCUT2D eigenvalue weighted by Crippen LogP contribution is 2.35. The van der Waals surface area contributed by atoms with E-state index in [1.54, 1.807) is 6.20 Å². The average Bonchev–Trinajstić information content (AvgIpc) is 2.55. The van der Waals surface area contributed by atoms with Crippen molar-refractivity contribution in [1.82, 2.24) is 10.3 Å². The molecular formula is C17H19N3OS. The van der Waals surface area contributed by atoms with E-state index in [9.17, 15) is 4.79 Å². The third kappa shape index (κ3) is 3.09. The highest BCUT2D eigenvalue weighted by atomic mass is 32.2. The molecule has 1 atom stereocenters. The molecule has 1 N–H and O–H groups in total. The van der Waals surface area contributed by atoms with Crippen LogP contribution in [-0.2, 0) is 0 Å². The minimum Gasteiger partial charge on any atom is -0.363 e. The van der Waals surface area contributed by atoms with Crippen molar-refractivity contribution in [3.8, 4) is 0 Å². The fraction of sp³-hybridized carbons (Fsp3) is 0.294. The third-order valence-electron chi connectivity index (χ3n) is 3.73. The monoisotopic (exact) mass is 313 g/mol. The van der Waals surface area contributed by atoms with Crippen LogP contribution in [0.1, 0.15) is 28.4 Å². The van der Waals surface area contributed by atoms with Crippen molar-refractivity contribution in [2.45, 2.75) is 17.4 Å². The molecule has 1 aromatic carbocycles. The molecule has 0 fully saturated rings. The minimum absolute atomic E-state index is 0.0653. The lowest BCUT2D eigenvalue weighted by molar-refractivity contribution is 0.0934. The van der Waals surface area contributed by atoms with Crippen molar-refractivity contribution in [2.24, 2.45) is 0 Å². The van der Waals surface area contributed by atoms with Gasteiger partial charge in [0.05, 0.1) is 11.6 Å². The quantitative estimate of drug-likeness (QED) is 0.946. The summed E-state index contributed by atoms with van der Waals surface area (Å²) in [6, 6.07) is 12.0. The number of rotatable bonds is 3. The average molecular weight is 313 g/mol. The van der Waals surface area contributed by atoms with Gasteiger partial charge in [0, 0.05) is 30.9 Å². The molecule has 4 nitrogen and oxygen atoms in total. The van der Waals surface area contributed by atoms with Crippen LogP contribution in [0.4, 0.5) is 5.82 Å². The second-order valence-corrected chi connectivity index (χ2v) is 6.64. The summed E-state index contributed by atoms with van der Waals surface area (Å²) >= 11 is 1.85. The Morgan fingerprint density at radius 3 is 2.82 bits per heavy atom. The fourth-order valence-corrected chi connectivity index (χ4v) is 3.64. The smallest absolute Gasteiger partial charge is 0.253 e. The Balaban J connectivity index is 1.75. The largest absolute Gasteiger partial charge is 0.363 e. The van der Waals surface area contributed by atoms with Crippen LogP contribution in [0.5, 0.6) is 0 Å². The Kier molecular flexibility index (Phi) is 4.34. The van der Waals surface area contributed by atoms with E-state index in [4.69, 9.17) is 0 Å². The maximum atomic E-state index is 12.4. The lowest BCUT2D eigenvalue weighted by atomic mass is 10.0. The van der Waals surface area contributed by atoms with Gasteiger partial charge >= 0.3 is 0 Å². The highest BCUT2D eigenvalue weighted by Gasteiger charge is 2.22. The SMILES string of the molecule is CN(C)c1ccc(C(=O)N[C@H]2CCSc3ccccc32)cn1. The highest BCUT2D eigenvalue weighted by molar-refractivity contribution is 7.99. The first-order valence-electron chi connectivity index (χ1n) is 7.31. The van der Waals surface area contributed by atoms with Crippen molar-refractivity contribution in [1.29, 1.82) is 0 Å². The van der Waals surface area contributed by atoms with Crippen LogP contribution in [0.3, 0.4) is 0 Å². The maximum absolute atomic E-state index is 12.4. The van der Waals surface area contributed by atoms with Gasteiger partial charge in [0.25, 0.3) is 5.91 Å². The molecule has 0 saturated carbocycles. The van der Waals surface area contributed by atoms with E-state index in [0.717, 1.165) is 18.0 Å². The van der Waals surface area contributed by atoms with Gasteiger partial charge < -0.3 is 10.2 Å². The van der Waals surface area contributed by atoms with Crippen molar-refractivity contribution < 1.29 is 4.79 Å². The molecule has 1 amide bonds. The van der Waals surface area contributed by atoms with Crippen molar-refractivity contribution in [2.75, 3.05) is 24.7 Å². The van der Waals surface area contributed by atoms with Crippen LogP contribution in [0.25, 0.3) is 0 Å². The molecule has 1 aliphatic rings. The molecule has 2 aromatic rings. The van der Waals surface area contributed by atoms with Crippen molar-refractivity contribution in [3.05, 3.63) is 53.7 Å². The van der Waals surface area contributed by atoms with Crippen LogP contribution in [0.2, 0.25) is 0 Å². The van der Waals surface area contributed by atoms with Gasteiger partial charge in [-0.2, -0.15) is 0 Å². The maximum Gasteiger partial charge on any atom is 0.253 e. The first-order valence-corrected chi connectivity index (χ1v) is 8.29. The lowest BCUT2D eigenvalue weighted by Gasteiger charge is -2.25. The van der Waals surface area contributed by atoms with E-state index in [1.165, 1.54) is 10.5 Å². The van der Waals surface area contributed by atoms with Crippen LogP contribution >= 0.6 is 11.8 Å². The summed E-state index contributed by atoms with van der Waals surface area (Å²) in [5.41, 5.74) is 1.81. The number of nitrogens with zero attached hydrogens (tertiary/aromatic N) is 2. The number of fused-ring (bicyclic) bond motifs is 1. The van der Waals surface area contributed by atoms with E-state index < -0.39 is 0 Å². The Hall–Kier alpha value is -2.01. The van der Waals surface area contributed by atoms with Gasteiger partial charge in [0.1, 0.15) is 5.82 Å². The second kappa shape index (κ2) is 6.40. The van der Waals surface area contributed by atoms with Crippen LogP contribution < -0.4 is 10.2 Å². The molecule has 0 saturated heterocycles. The molecule has 3 rings (SSSR count). The number of carbonyl (C=O) groups is 1. The zero-order valence-corrected chi connectivity index (χ0v) is 13.6. The summed E-state index contributed by atoms with van der Waals surface area (Å²) in [5.74, 6) is 1.81. The first-order chi connectivity index (χ1) is 10.6. The predicted molar refractivity (Wildman–Crippen MR) is 90.6 cm³/mol. The van der Waals surface area contributed by atoms with Crippen LogP contribution in [0, 0.1) is 0 Å². The topological polar surface area (TPSA) is 45.2 Å². The van der Waals surface area contributed by atoms with Gasteiger partial charge in [-0.3, -0.25) is 4.79 Å². The molecular weight excluding hydrogens is 294 g/mol. The van der Waals surface area contributed by atoms with Crippen LogP contribution in [-0.4, -0.2) is 30.7 Å². The molecule has 114 valence electrons. The van der Waals surface area contributed by atoms with Gasteiger partial charge in [0.15, 0.2) is 0 Å². The molecule has 1 aromatic heterocycles. The fourth-order valence-electron chi connectivity index (χ4n) is 2.52. The predicted octanol–water partition coefficient (Wildman–Crippen LogP) is 3.11. The Labute approximate surface area is 134 Å². The lowest BCUT2D eigenvalue weighted by Crippen LogP contribution is -2.30. The van der Waals surface area contributed by atoms with Gasteiger partial charge in [0.2, 0.25) is 0 Å². The Morgan fingerprint density at radius 1 is 1.27 bits per heavy atom. The molecule has 0 bridgehead atoms. The number of hydrogen-bond acceptors (Lipinski definition) is 4. The summed E-state index contributed by atoms with van der Waals surface area (Å²) in [4.78, 5) is 19.9. The number of benzene rings is 1. The standard InChI is InChI=1S/C17H19N3OS/c1-20(2)16-8-7-12(11-18-16)17(21)19-14-9-10-22-15-6-4-3-5-13(14)15/h3-8,11,14H,9-10H2,1-2H3,(H,19,21)/t14-/m0/s1. The third-order valence-corrected chi connectivity index (χ3v) is 4.85. The number of thioether (sulfide) groups is 1. The van der Waals surface area contributed by atoms with Gasteiger partial charge in [-0.05, 0) is 30.2 Å². The first kappa shape index (κ1) is 14.9. The molecule has 0 radical (unpaired) electrons. The second-order valence-electron chi connectivity index (χ2n) is 5.50. The Morgan fingerprint density at radius 2 is 2.09 bits per heavy atom. The number of amides is 1. The summed E-state index contributed by atoms with van der Waals surface area (Å²) in [6.07, 6.45) is 2.59. The van der Waals surface area contributed by atoms with Crippen LogP contribution in [0.15, 0.2) is 47.5 Å². The summed E-state index contributed by atoms with van der Waals surface area (Å²) in [7, 11) is 3.86. The zero-order chi connectivity index (χ0) is 15.5. The summed E-state index contributed by atoms with van der Waals surface area (Å²) < 4.78 is 0. The number of nitrogens with one attached hydrogen (secondary N) is 1. The number of hydrogen-bond donors (Lipinski definition) is 1. The molecule has 22 heavy (non-hydrogen) atoms. The number of carbonyl (C=O) groups excluding carboxylic acids is 1. The van der Waals surface area contributed by atoms with E-state index in [-0.39, 0.29) is 11.9 Å². The normalized spacial score (nSPS) is 16.7. The number of aromatic nitrogens is 1. The molecule has 0 spiro atoms. The molecule has 2 heterocycles. The summed E-state index contributed by atoms with van der Waals surface area (Å²) in [5, 5.41) is 3.13. The van der Waals surface area contributed by atoms with E-state index in [0.29, 0.717) is 5.56 Å². The zero-order valence-electron chi connectivity index (χ0n) is 12.7. The minimum atomic E-state index is -0.0653.